The molecule has 0 saturated carbocycles. The summed E-state index contributed by atoms with van der Waals surface area (Å²) in [5.74, 6) is 4.25. The molecule has 0 aliphatic heterocycles. The van der Waals surface area contributed by atoms with Crippen molar-refractivity contribution in [2.75, 3.05) is 0 Å². The maximum atomic E-state index is 10.9. The first-order valence-corrected chi connectivity index (χ1v) is 41.0. The Balaban J connectivity index is -0.000000139. The molecule has 16 aromatic carbocycles. The van der Waals surface area contributed by atoms with E-state index in [0.717, 1.165) is 93.9 Å². The molecule has 6 radical (unpaired) electrons. The number of aromatic hydroxyl groups is 6. The van der Waals surface area contributed by atoms with E-state index in [1.54, 1.807) is 12.1 Å². The molecule has 0 heterocycles. The van der Waals surface area contributed by atoms with Crippen molar-refractivity contribution in [1.29, 1.82) is 0 Å². The molecule has 0 aromatic heterocycles. The molecule has 2 aliphatic rings. The molecular formula is C129H162O6Ti6. The fourth-order valence-corrected chi connectivity index (χ4v) is 16.7. The van der Waals surface area contributed by atoms with Gasteiger partial charge in [-0.3, -0.25) is 0 Å². The Hall–Kier alpha value is -8.61. The summed E-state index contributed by atoms with van der Waals surface area (Å²) in [6, 6.07) is 112. The minimum absolute atomic E-state index is 0. The third-order valence-electron chi connectivity index (χ3n) is 23.2. The van der Waals surface area contributed by atoms with Crippen molar-refractivity contribution in [2.24, 2.45) is 0 Å². The normalized spacial score (nSPS) is 10.3. The van der Waals surface area contributed by atoms with Crippen molar-refractivity contribution >= 4 is 32.3 Å². The van der Waals surface area contributed by atoms with Crippen LogP contribution in [0.3, 0.4) is 0 Å². The zero-order valence-corrected chi connectivity index (χ0v) is 100. The predicted molar refractivity (Wildman–Crippen MR) is 609 cm³/mol. The summed E-state index contributed by atoms with van der Waals surface area (Å²) < 4.78 is 0. The third kappa shape index (κ3) is 34.5. The van der Waals surface area contributed by atoms with Crippen LogP contribution in [0.15, 0.2) is 334 Å². The minimum atomic E-state index is -0.0402. The van der Waals surface area contributed by atoms with Crippen molar-refractivity contribution in [3.8, 4) is 112 Å². The van der Waals surface area contributed by atoms with Crippen LogP contribution in [-0.4, -0.2) is 30.6 Å². The first kappa shape index (κ1) is 158. The quantitative estimate of drug-likeness (QED) is 0.0461. The molecular weight excluding hydrogens is 1930 g/mol. The molecule has 2 aliphatic carbocycles. The van der Waals surface area contributed by atoms with Gasteiger partial charge in [-0.15, -0.1) is 0 Å². The maximum Gasteiger partial charge on any atom is 3.00 e. The fourth-order valence-electron chi connectivity index (χ4n) is 16.7. The monoisotopic (exact) mass is 2090 g/mol. The van der Waals surface area contributed by atoms with Crippen LogP contribution in [0.25, 0.3) is 110 Å². The number of fused-ring (bicyclic) bond motifs is 10. The average Bonchev–Trinajstić information content (AvgIpc) is 1.57. The number of para-hydroxylation sites is 3. The Kier molecular flexibility index (Phi) is 78.5. The predicted octanol–water partition coefficient (Wildman–Crippen LogP) is 38.5. The van der Waals surface area contributed by atoms with Crippen molar-refractivity contribution < 1.29 is 161 Å². The summed E-state index contributed by atoms with van der Waals surface area (Å²) in [6.07, 6.45) is 0. The van der Waals surface area contributed by atoms with E-state index >= 15 is 0 Å². The van der Waals surface area contributed by atoms with Gasteiger partial charge in [0.05, 0.1) is 0 Å². The van der Waals surface area contributed by atoms with Crippen LogP contribution in [0.2, 0.25) is 0 Å². The van der Waals surface area contributed by atoms with Crippen molar-refractivity contribution in [2.45, 2.75) is 137 Å². The molecule has 738 valence electrons. The van der Waals surface area contributed by atoms with Gasteiger partial charge in [0.1, 0.15) is 34.5 Å². The molecule has 0 saturated heterocycles. The van der Waals surface area contributed by atoms with E-state index in [2.05, 4.69) is 218 Å². The zero-order valence-electron chi connectivity index (χ0n) is 90.8. The number of rotatable bonds is 10. The third-order valence-corrected chi connectivity index (χ3v) is 23.2. The van der Waals surface area contributed by atoms with Crippen LogP contribution in [0.4, 0.5) is 0 Å². The van der Waals surface area contributed by atoms with E-state index in [1.165, 1.54) is 66.4 Å². The van der Waals surface area contributed by atoms with Crippen LogP contribution >= 0.6 is 0 Å². The van der Waals surface area contributed by atoms with Crippen LogP contribution in [-0.2, 0) is 141 Å². The van der Waals surface area contributed by atoms with Gasteiger partial charge in [-0.25, -0.2) is 0 Å². The van der Waals surface area contributed by atoms with Crippen molar-refractivity contribution in [1.82, 2.24) is 0 Å². The van der Waals surface area contributed by atoms with Gasteiger partial charge in [0.15, 0.2) is 0 Å². The molecule has 6 N–H and O–H groups in total. The Morgan fingerprint density at radius 1 is 0.177 bits per heavy atom. The summed E-state index contributed by atoms with van der Waals surface area (Å²) in [7, 11) is 0. The number of hydrogen-bond acceptors (Lipinski definition) is 6. The zero-order chi connectivity index (χ0) is 83.0. The van der Waals surface area contributed by atoms with Crippen LogP contribution in [0, 0.1) is 134 Å². The van der Waals surface area contributed by atoms with Gasteiger partial charge in [0.25, 0.3) is 0 Å². The minimum Gasteiger partial charge on any atom is -0.507 e. The molecule has 0 amide bonds. The fraction of sp³-hybridized carbons (Fsp3) is 0.163. The Bertz CT molecular complexity index is 6220. The van der Waals surface area contributed by atoms with E-state index in [1.807, 2.05) is 200 Å². The summed E-state index contributed by atoms with van der Waals surface area (Å²) in [4.78, 5) is 0. The smallest absolute Gasteiger partial charge is 0.507 e. The van der Waals surface area contributed by atoms with Gasteiger partial charge in [-0.1, -0.05) is 406 Å². The second-order valence-electron chi connectivity index (χ2n) is 33.3. The number of phenolic OH excluding ortho intramolecular Hbond substituents is 6. The molecule has 0 atom stereocenters. The summed E-state index contributed by atoms with van der Waals surface area (Å²) in [6.45, 7) is 30.6. The molecule has 141 heavy (non-hydrogen) atoms. The molecule has 0 spiro atoms. The Morgan fingerprint density at radius 2 is 0.518 bits per heavy atom. The molecule has 16 aromatic rings. The topological polar surface area (TPSA) is 121 Å². The van der Waals surface area contributed by atoms with Crippen molar-refractivity contribution in [3.63, 3.8) is 0 Å². The van der Waals surface area contributed by atoms with Crippen LogP contribution in [0.5, 0.6) is 34.5 Å². The molecule has 0 bridgehead atoms. The van der Waals surface area contributed by atoms with Crippen LogP contribution < -0.4 is 0 Å². The molecule has 0 unspecified atom stereocenters. The van der Waals surface area contributed by atoms with Gasteiger partial charge in [0.2, 0.25) is 0 Å². The Morgan fingerprint density at radius 3 is 0.993 bits per heavy atom. The molecule has 6 nitrogen and oxygen atoms in total. The SMILES string of the molecule is CC(C)c1ccc2c(c1)-c1ccc(-c3cccc(C(C)C)c3O)cc1C2(C)C.CC(C)c1cccc(-c2c(O)cc(C(C)C)c3ccccc23)c1.CC(C)c1cccc(-c2ccccc2)c1O.CC1(C)c2ccccc2-c2c(O)cccc21.Oc1c(-c2ccccc2)c2ccccc2c2ccccc12.Oc1ccccc1-c1ccccc1.[CH3-].[CH3-].[CH3-].[CH3-].[CH3-].[CH3-].[CH3-].[CH3-].[CH3-].[CH3-].[CH3-].[CH3-].[CH3-].[CH3-].[CH3-].[CH3-].[CH3-].[CH3-].[Ti+3].[Ti+3].[Ti+3].[Ti+3].[Ti+3].[Ti+3]. The van der Waals surface area contributed by atoms with Crippen molar-refractivity contribution in [3.05, 3.63) is 517 Å². The van der Waals surface area contributed by atoms with E-state index in [9.17, 15) is 30.6 Å². The molecule has 18 rings (SSSR count). The Labute approximate surface area is 950 Å². The standard InChI is InChI=1S/C27H30O.C22H24O.C20H14O.C15H14O.C15H16O.C12H10O.18CH3.6Ti/c1-16(2)18-11-13-24-23(14-18)22-12-10-19(15-25(22)27(24,5)6)21-9-7-8-20(17(3)4)26(21)28;1-14(2)16-8-7-9-17(12-16)22-19-11-6-5-10-18(19)20(15(3)4)13-21(22)23;21-20-18-13-7-5-11-16(18)15-10-4-6-12-17(15)19(20)14-8-2-1-3-9-14;1-15(2)11-7-4-3-6-10(11)14-12(15)8-5-9-13(14)16;1-11(2)13-9-6-10-14(15(13)16)12-7-4-3-5-8-12;13-12-9-5-4-8-11(12)10-6-2-1-3-7-10;;;;;;;;;;;;;;;;;;;;;;;;/h7-17,28H,1-6H3;5-15,23H,1-4H3;1-13,21H;3-9,16H,1-2H3;3-11,16H,1-2H3;1-9,13H;18*1H3;;;;;;/q;;;;;;18*-1;6*+3. The van der Waals surface area contributed by atoms with E-state index < -0.39 is 0 Å². The number of hydrogen-bond donors (Lipinski definition) is 6. The van der Waals surface area contributed by atoms with E-state index in [-0.39, 0.29) is 275 Å². The van der Waals surface area contributed by atoms with Gasteiger partial charge >= 0.3 is 130 Å². The van der Waals surface area contributed by atoms with E-state index in [4.69, 9.17) is 0 Å². The van der Waals surface area contributed by atoms with E-state index in [0.29, 0.717) is 64.1 Å². The van der Waals surface area contributed by atoms with Gasteiger partial charge < -0.3 is 164 Å². The number of phenols is 6. The maximum absolute atomic E-state index is 10.9. The van der Waals surface area contributed by atoms with Gasteiger partial charge in [-0.2, -0.15) is 0 Å². The molecule has 12 heteroatoms. The second-order valence-corrected chi connectivity index (χ2v) is 33.3. The largest absolute Gasteiger partial charge is 3.00 e. The summed E-state index contributed by atoms with van der Waals surface area (Å²) >= 11 is 0. The second kappa shape index (κ2) is 70.2. The summed E-state index contributed by atoms with van der Waals surface area (Å²) in [5, 5.41) is 68.8. The average molecular weight is 2100 g/mol. The molecule has 0 fully saturated rings. The summed E-state index contributed by atoms with van der Waals surface area (Å²) in [5.41, 5.74) is 25.8. The van der Waals surface area contributed by atoms with Gasteiger partial charge in [-0.05, 0) is 175 Å². The first-order valence-electron chi connectivity index (χ1n) is 41.0. The van der Waals surface area contributed by atoms with Gasteiger partial charge in [0, 0.05) is 49.6 Å². The number of benzene rings is 16. The van der Waals surface area contributed by atoms with Crippen LogP contribution in [0.1, 0.15) is 177 Å². The first-order chi connectivity index (χ1) is 56.3.